The largest absolute Gasteiger partial charge is 0.459 e. The monoisotopic (exact) mass is 603 g/mol. The number of ether oxygens (including phenoxy) is 4. The van der Waals surface area contributed by atoms with Crippen molar-refractivity contribution in [3.63, 3.8) is 0 Å². The maximum atomic E-state index is 13.5. The number of aliphatic hydroxyl groups is 2. The first kappa shape index (κ1) is 35.0. The van der Waals surface area contributed by atoms with E-state index in [2.05, 4.69) is 39.6 Å². The summed E-state index contributed by atoms with van der Waals surface area (Å²) in [5.74, 6) is -0.618. The Morgan fingerprint density at radius 2 is 1.86 bits per heavy atom. The normalized spacial score (nSPS) is 30.7. The van der Waals surface area contributed by atoms with Crippen molar-refractivity contribution in [3.05, 3.63) is 42.5 Å². The molecule has 0 heterocycles. The summed E-state index contributed by atoms with van der Waals surface area (Å²) in [4.78, 5) is 25.7. The lowest BCUT2D eigenvalue weighted by Gasteiger charge is -2.53. The molecule has 2 bridgehead atoms. The summed E-state index contributed by atoms with van der Waals surface area (Å²) in [5, 5.41) is 26.9. The SMILES string of the molecule is C=CCOC(=O)Nc1ccccc1C(=O)O[C@@H](C)C(CC[C@@]1(O)C[C@H](OC)C2CC(C)[C@]1(O)[C@H]2OC)C(C)(C)[C@@H](C)CC. The summed E-state index contributed by atoms with van der Waals surface area (Å²) in [5.41, 5.74) is -2.65. The smallest absolute Gasteiger partial charge is 0.411 e. The summed E-state index contributed by atoms with van der Waals surface area (Å²) in [6, 6.07) is 6.63. The van der Waals surface area contributed by atoms with Crippen LogP contribution in [0.25, 0.3) is 0 Å². The fourth-order valence-electron chi connectivity index (χ4n) is 7.81. The number of methoxy groups -OCH3 is 2. The molecule has 242 valence electrons. The number of para-hydroxylation sites is 1. The highest BCUT2D eigenvalue weighted by atomic mass is 16.6. The molecule has 43 heavy (non-hydrogen) atoms. The van der Waals surface area contributed by atoms with Crippen molar-refractivity contribution < 1.29 is 38.7 Å². The molecule has 0 aromatic heterocycles. The molecule has 3 N–H and O–H groups in total. The van der Waals surface area contributed by atoms with E-state index < -0.39 is 35.5 Å². The van der Waals surface area contributed by atoms with Crippen LogP contribution in [0.4, 0.5) is 10.5 Å². The number of esters is 1. The summed E-state index contributed by atoms with van der Waals surface area (Å²) < 4.78 is 22.8. The number of nitrogens with one attached hydrogen (secondary N) is 1. The van der Waals surface area contributed by atoms with Crippen molar-refractivity contribution in [1.82, 2.24) is 0 Å². The molecule has 3 unspecified atom stereocenters. The van der Waals surface area contributed by atoms with Crippen molar-refractivity contribution in [3.8, 4) is 0 Å². The highest BCUT2D eigenvalue weighted by molar-refractivity contribution is 5.99. The molecular formula is C34H53NO8. The second-order valence-corrected chi connectivity index (χ2v) is 13.2. The Morgan fingerprint density at radius 3 is 2.47 bits per heavy atom. The first-order valence-corrected chi connectivity index (χ1v) is 15.6. The predicted molar refractivity (Wildman–Crippen MR) is 166 cm³/mol. The molecule has 0 radical (unpaired) electrons. The van der Waals surface area contributed by atoms with Crippen molar-refractivity contribution in [2.45, 2.75) is 103 Å². The molecule has 0 aliphatic heterocycles. The Labute approximate surface area is 257 Å². The van der Waals surface area contributed by atoms with Crippen LogP contribution >= 0.6 is 0 Å². The summed E-state index contributed by atoms with van der Waals surface area (Å²) in [6.07, 6.45) is 2.18. The van der Waals surface area contributed by atoms with Gasteiger partial charge in [0, 0.05) is 32.5 Å². The molecule has 2 saturated carbocycles. The Kier molecular flexibility index (Phi) is 11.5. The van der Waals surface area contributed by atoms with E-state index in [1.807, 2.05) is 13.8 Å². The maximum absolute atomic E-state index is 13.5. The third kappa shape index (κ3) is 6.80. The van der Waals surface area contributed by atoms with E-state index in [-0.39, 0.29) is 53.0 Å². The van der Waals surface area contributed by atoms with Crippen LogP contribution in [0.15, 0.2) is 36.9 Å². The molecule has 2 aliphatic rings. The minimum atomic E-state index is -1.45. The van der Waals surface area contributed by atoms with Crippen LogP contribution in [-0.2, 0) is 18.9 Å². The van der Waals surface area contributed by atoms with Gasteiger partial charge in [0.2, 0.25) is 0 Å². The number of amides is 1. The summed E-state index contributed by atoms with van der Waals surface area (Å²) in [6.45, 7) is 16.1. The maximum Gasteiger partial charge on any atom is 0.411 e. The molecule has 9 heteroatoms. The quantitative estimate of drug-likeness (QED) is 0.175. The zero-order valence-corrected chi connectivity index (χ0v) is 27.2. The molecule has 2 fully saturated rings. The average Bonchev–Trinajstić information content (AvgIpc) is 3.20. The van der Waals surface area contributed by atoms with Gasteiger partial charge in [-0.3, -0.25) is 5.32 Å². The van der Waals surface area contributed by atoms with Gasteiger partial charge < -0.3 is 29.2 Å². The zero-order valence-electron chi connectivity index (χ0n) is 27.2. The molecule has 0 spiro atoms. The lowest BCUT2D eigenvalue weighted by Crippen LogP contribution is -2.68. The van der Waals surface area contributed by atoms with Crippen LogP contribution < -0.4 is 5.32 Å². The molecule has 0 saturated heterocycles. The Hall–Kier alpha value is -2.46. The fraction of sp³-hybridized carbons (Fsp3) is 0.706. The van der Waals surface area contributed by atoms with Crippen LogP contribution in [0, 0.1) is 29.1 Å². The molecule has 9 atom stereocenters. The van der Waals surface area contributed by atoms with Gasteiger partial charge in [0.25, 0.3) is 0 Å². The predicted octanol–water partition coefficient (Wildman–Crippen LogP) is 5.99. The molecule has 9 nitrogen and oxygen atoms in total. The van der Waals surface area contributed by atoms with Crippen LogP contribution in [0.2, 0.25) is 0 Å². The molecule has 3 rings (SSSR count). The van der Waals surface area contributed by atoms with E-state index in [1.165, 1.54) is 6.08 Å². The van der Waals surface area contributed by atoms with Crippen LogP contribution in [0.3, 0.4) is 0 Å². The van der Waals surface area contributed by atoms with Crippen molar-refractivity contribution in [2.24, 2.45) is 29.1 Å². The van der Waals surface area contributed by atoms with Gasteiger partial charge in [0.15, 0.2) is 0 Å². The summed E-state index contributed by atoms with van der Waals surface area (Å²) in [7, 11) is 3.23. The second-order valence-electron chi connectivity index (χ2n) is 13.2. The number of benzene rings is 1. The number of carbonyl (C=O) groups is 2. The van der Waals surface area contributed by atoms with Gasteiger partial charge in [0.1, 0.15) is 18.3 Å². The first-order chi connectivity index (χ1) is 20.2. The van der Waals surface area contributed by atoms with E-state index in [0.717, 1.165) is 6.42 Å². The van der Waals surface area contributed by atoms with Gasteiger partial charge >= 0.3 is 12.1 Å². The van der Waals surface area contributed by atoms with Gasteiger partial charge in [-0.05, 0) is 55.6 Å². The third-order valence-corrected chi connectivity index (χ3v) is 10.8. The molecule has 1 aromatic rings. The number of hydrogen-bond donors (Lipinski definition) is 3. The Balaban J connectivity index is 1.88. The van der Waals surface area contributed by atoms with Crippen LogP contribution in [0.5, 0.6) is 0 Å². The molecule has 1 aromatic carbocycles. The minimum Gasteiger partial charge on any atom is -0.459 e. The average molecular weight is 604 g/mol. The lowest BCUT2D eigenvalue weighted by atomic mass is 9.61. The number of carbonyl (C=O) groups excluding carboxylic acids is 2. The molecular weight excluding hydrogens is 550 g/mol. The molecule has 2 aliphatic carbocycles. The van der Waals surface area contributed by atoms with Crippen LogP contribution in [-0.4, -0.2) is 72.6 Å². The Morgan fingerprint density at radius 1 is 1.19 bits per heavy atom. The van der Waals surface area contributed by atoms with Crippen molar-refractivity contribution in [2.75, 3.05) is 26.1 Å². The number of anilines is 1. The Bertz CT molecular complexity index is 1120. The summed E-state index contributed by atoms with van der Waals surface area (Å²) >= 11 is 0. The van der Waals surface area contributed by atoms with Gasteiger partial charge in [-0.2, -0.15) is 0 Å². The third-order valence-electron chi connectivity index (χ3n) is 10.8. The van der Waals surface area contributed by atoms with Gasteiger partial charge in [0.05, 0.1) is 29.1 Å². The highest BCUT2D eigenvalue weighted by Gasteiger charge is 2.69. The number of hydrogen-bond acceptors (Lipinski definition) is 8. The van der Waals surface area contributed by atoms with E-state index in [0.29, 0.717) is 25.7 Å². The van der Waals surface area contributed by atoms with Crippen molar-refractivity contribution in [1.29, 1.82) is 0 Å². The standard InChI is InChI=1S/C34H53NO8/c1-10-18-42-31(37)35-27-15-13-12-14-24(27)30(36)43-23(5)26(32(6,7)21(3)11-2)16-17-33(38)20-28(40-8)25-19-22(4)34(33,39)29(25)41-9/h10,12-15,21-23,25-26,28-29,38-39H,1,11,16-20H2,2-9H3,(H,35,37)/t21-,22?,23-,25?,26?,28-,29-,33+,34-/m0/s1. The van der Waals surface area contributed by atoms with Crippen molar-refractivity contribution >= 4 is 17.7 Å². The van der Waals surface area contributed by atoms with Gasteiger partial charge in [-0.1, -0.05) is 65.8 Å². The number of rotatable bonds is 14. The van der Waals surface area contributed by atoms with Crippen LogP contribution in [0.1, 0.15) is 84.0 Å². The lowest BCUT2D eigenvalue weighted by molar-refractivity contribution is -0.260. The first-order valence-electron chi connectivity index (χ1n) is 15.6. The molecule has 1 amide bonds. The number of fused-ring (bicyclic) bond motifs is 2. The van der Waals surface area contributed by atoms with E-state index in [4.69, 9.17) is 18.9 Å². The zero-order chi connectivity index (χ0) is 32.2. The van der Waals surface area contributed by atoms with Gasteiger partial charge in [-0.15, -0.1) is 0 Å². The van der Waals surface area contributed by atoms with E-state index in [1.54, 1.807) is 38.5 Å². The fourth-order valence-corrected chi connectivity index (χ4v) is 7.81. The highest BCUT2D eigenvalue weighted by Crippen LogP contribution is 2.57. The second kappa shape index (κ2) is 14.1. The topological polar surface area (TPSA) is 124 Å². The van der Waals surface area contributed by atoms with E-state index in [9.17, 15) is 19.8 Å². The van der Waals surface area contributed by atoms with E-state index >= 15 is 0 Å². The van der Waals surface area contributed by atoms with Gasteiger partial charge in [-0.25, -0.2) is 9.59 Å². The minimum absolute atomic E-state index is 0.00485.